The third-order valence-electron chi connectivity index (χ3n) is 8.08. The maximum absolute atomic E-state index is 12.8. The smallest absolute Gasteiger partial charge is 0.224 e. The minimum atomic E-state index is 0.0966. The van der Waals surface area contributed by atoms with E-state index in [-0.39, 0.29) is 5.91 Å². The second-order valence-corrected chi connectivity index (χ2v) is 12.5. The average molecular weight is 561 g/mol. The van der Waals surface area contributed by atoms with Gasteiger partial charge in [0.2, 0.25) is 5.91 Å². The van der Waals surface area contributed by atoms with E-state index in [9.17, 15) is 4.79 Å². The maximum Gasteiger partial charge on any atom is 0.224 e. The molecule has 1 aliphatic rings. The Morgan fingerprint density at radius 1 is 0.951 bits per heavy atom. The van der Waals surface area contributed by atoms with E-state index in [0.717, 1.165) is 79.1 Å². The molecule has 0 spiro atoms. The average Bonchev–Trinajstić information content (AvgIpc) is 3.70. The summed E-state index contributed by atoms with van der Waals surface area (Å²) >= 11 is 1.75. The first-order valence-corrected chi connectivity index (χ1v) is 15.1. The van der Waals surface area contributed by atoms with Gasteiger partial charge >= 0.3 is 0 Å². The number of aromatic nitrogens is 5. The van der Waals surface area contributed by atoms with Gasteiger partial charge in [-0.2, -0.15) is 5.10 Å². The van der Waals surface area contributed by atoms with Crippen LogP contribution < -0.4 is 5.32 Å². The van der Waals surface area contributed by atoms with Crippen molar-refractivity contribution in [3.63, 3.8) is 0 Å². The summed E-state index contributed by atoms with van der Waals surface area (Å²) in [6.07, 6.45) is 10.4. The quantitative estimate of drug-likeness (QED) is 0.190. The number of carbonyl (C=O) groups is 1. The second-order valence-electron chi connectivity index (χ2n) is 11.2. The zero-order valence-electron chi connectivity index (χ0n) is 23.3. The molecule has 0 unspecified atom stereocenters. The molecule has 0 radical (unpaired) electrons. The first-order chi connectivity index (χ1) is 20.0. The minimum absolute atomic E-state index is 0.0966. The van der Waals surface area contributed by atoms with Crippen molar-refractivity contribution >= 4 is 44.7 Å². The maximum atomic E-state index is 12.8. The van der Waals surface area contributed by atoms with Crippen LogP contribution in [0.15, 0.2) is 60.9 Å². The van der Waals surface area contributed by atoms with Gasteiger partial charge < -0.3 is 10.3 Å². The normalized spacial score (nSPS) is 14.2. The van der Waals surface area contributed by atoms with Gasteiger partial charge in [0.15, 0.2) is 0 Å². The standard InChI is InChI=1S/C33H32N6OS/c1-19-12-22(15-23(13-19)36-31(40)14-21-6-4-3-5-7-21)27-16-25-29(18-35-27)38-39-32(25)28-17-24-26(37-28)10-11-34-33(24)30-9-8-20(2)41-30/h8-13,15-18,21,37H,3-7,14H2,1-2H3,(H,36,40)(H,38,39). The predicted octanol–water partition coefficient (Wildman–Crippen LogP) is 8.42. The van der Waals surface area contributed by atoms with E-state index in [2.05, 4.69) is 57.8 Å². The predicted molar refractivity (Wildman–Crippen MR) is 167 cm³/mol. The highest BCUT2D eigenvalue weighted by molar-refractivity contribution is 7.15. The lowest BCUT2D eigenvalue weighted by molar-refractivity contribution is -0.117. The minimum Gasteiger partial charge on any atom is -0.353 e. The van der Waals surface area contributed by atoms with Crippen molar-refractivity contribution in [1.82, 2.24) is 25.1 Å². The number of H-pyrrole nitrogens is 2. The number of rotatable bonds is 6. The number of hydrogen-bond donors (Lipinski definition) is 3. The van der Waals surface area contributed by atoms with Crippen LogP contribution in [-0.4, -0.2) is 31.1 Å². The van der Waals surface area contributed by atoms with Crippen molar-refractivity contribution < 1.29 is 4.79 Å². The molecule has 7 rings (SSSR count). The van der Waals surface area contributed by atoms with Crippen molar-refractivity contribution in [1.29, 1.82) is 0 Å². The molecule has 5 heterocycles. The highest BCUT2D eigenvalue weighted by Gasteiger charge is 2.19. The van der Waals surface area contributed by atoms with Gasteiger partial charge in [-0.05, 0) is 86.7 Å². The van der Waals surface area contributed by atoms with Crippen LogP contribution in [0.4, 0.5) is 5.69 Å². The number of aromatic amines is 2. The van der Waals surface area contributed by atoms with E-state index in [1.165, 1.54) is 24.1 Å². The Hall–Kier alpha value is -4.30. The summed E-state index contributed by atoms with van der Waals surface area (Å²) in [6.45, 7) is 4.16. The molecule has 1 aliphatic carbocycles. The van der Waals surface area contributed by atoms with Gasteiger partial charge in [-0.1, -0.05) is 19.3 Å². The van der Waals surface area contributed by atoms with Gasteiger partial charge in [-0.3, -0.25) is 19.9 Å². The van der Waals surface area contributed by atoms with Crippen molar-refractivity contribution in [3.05, 3.63) is 71.4 Å². The molecular formula is C33H32N6OS. The van der Waals surface area contributed by atoms with Gasteiger partial charge in [-0.25, -0.2) is 0 Å². The lowest BCUT2D eigenvalue weighted by atomic mass is 9.87. The molecule has 0 bridgehead atoms. The number of thiophene rings is 1. The van der Waals surface area contributed by atoms with Crippen LogP contribution in [0.3, 0.4) is 0 Å². The number of nitrogens with one attached hydrogen (secondary N) is 3. The van der Waals surface area contributed by atoms with Crippen LogP contribution in [0.2, 0.25) is 0 Å². The van der Waals surface area contributed by atoms with Crippen molar-refractivity contribution in [2.75, 3.05) is 5.32 Å². The molecule has 0 atom stereocenters. The van der Waals surface area contributed by atoms with Gasteiger partial charge in [0.25, 0.3) is 0 Å². The Bertz CT molecular complexity index is 1890. The third-order valence-corrected chi connectivity index (χ3v) is 9.09. The first-order valence-electron chi connectivity index (χ1n) is 14.3. The van der Waals surface area contributed by atoms with Gasteiger partial charge in [0.1, 0.15) is 5.69 Å². The van der Waals surface area contributed by atoms with Crippen LogP contribution in [0.5, 0.6) is 0 Å². The molecular weight excluding hydrogens is 528 g/mol. The molecule has 1 fully saturated rings. The summed E-state index contributed by atoms with van der Waals surface area (Å²) in [7, 11) is 0. The molecule has 1 saturated carbocycles. The van der Waals surface area contributed by atoms with E-state index in [1.54, 1.807) is 11.3 Å². The zero-order chi connectivity index (χ0) is 27.9. The molecule has 206 valence electrons. The molecule has 0 aliphatic heterocycles. The van der Waals surface area contributed by atoms with Crippen LogP contribution in [0.25, 0.3) is 55.0 Å². The lowest BCUT2D eigenvalue weighted by Gasteiger charge is -2.21. The van der Waals surface area contributed by atoms with Crippen molar-refractivity contribution in [2.24, 2.45) is 5.92 Å². The first kappa shape index (κ1) is 25.7. The highest BCUT2D eigenvalue weighted by atomic mass is 32.1. The molecule has 1 aromatic carbocycles. The Morgan fingerprint density at radius 3 is 2.63 bits per heavy atom. The van der Waals surface area contributed by atoms with Crippen LogP contribution in [-0.2, 0) is 4.79 Å². The van der Waals surface area contributed by atoms with Crippen molar-refractivity contribution in [3.8, 4) is 33.2 Å². The molecule has 8 heteroatoms. The summed E-state index contributed by atoms with van der Waals surface area (Å²) < 4.78 is 0. The van der Waals surface area contributed by atoms with Gasteiger partial charge in [-0.15, -0.1) is 11.3 Å². The number of nitrogens with zero attached hydrogens (tertiary/aromatic N) is 3. The molecule has 5 aromatic heterocycles. The van der Waals surface area contributed by atoms with Crippen molar-refractivity contribution in [2.45, 2.75) is 52.4 Å². The largest absolute Gasteiger partial charge is 0.353 e. The number of fused-ring (bicyclic) bond motifs is 2. The highest BCUT2D eigenvalue weighted by Crippen LogP contribution is 2.36. The summed E-state index contributed by atoms with van der Waals surface area (Å²) in [5, 5.41) is 13.0. The number of pyridine rings is 2. The summed E-state index contributed by atoms with van der Waals surface area (Å²) in [6, 6.07) is 16.6. The number of benzene rings is 1. The molecule has 41 heavy (non-hydrogen) atoms. The number of carbonyl (C=O) groups excluding carboxylic acids is 1. The van der Waals surface area contributed by atoms with Crippen LogP contribution in [0.1, 0.15) is 49.0 Å². The summed E-state index contributed by atoms with van der Waals surface area (Å²) in [4.78, 5) is 28.2. The third kappa shape index (κ3) is 5.15. The van der Waals surface area contributed by atoms with Crippen LogP contribution in [0, 0.1) is 19.8 Å². The molecule has 1 amide bonds. The van der Waals surface area contributed by atoms with E-state index in [0.29, 0.717) is 12.3 Å². The lowest BCUT2D eigenvalue weighted by Crippen LogP contribution is -2.18. The van der Waals surface area contributed by atoms with Gasteiger partial charge in [0, 0.05) is 45.0 Å². The van der Waals surface area contributed by atoms with Gasteiger partial charge in [0.05, 0.1) is 33.7 Å². The second kappa shape index (κ2) is 10.6. The monoisotopic (exact) mass is 560 g/mol. The summed E-state index contributed by atoms with van der Waals surface area (Å²) in [5.74, 6) is 0.599. The number of aryl methyl sites for hydroxylation is 2. The Morgan fingerprint density at radius 2 is 1.80 bits per heavy atom. The number of anilines is 1. The van der Waals surface area contributed by atoms with E-state index >= 15 is 0 Å². The Kier molecular flexibility index (Phi) is 6.63. The fourth-order valence-electron chi connectivity index (χ4n) is 6.09. The zero-order valence-corrected chi connectivity index (χ0v) is 24.1. The SMILES string of the molecule is Cc1cc(NC(=O)CC2CCCCC2)cc(-c2cc3c(-c4cc5c(-c6ccc(C)s6)nccc5[nH]4)n[nH]c3cn2)c1. The van der Waals surface area contributed by atoms with E-state index in [4.69, 9.17) is 9.97 Å². The van der Waals surface area contributed by atoms with E-state index < -0.39 is 0 Å². The molecule has 7 nitrogen and oxygen atoms in total. The topological polar surface area (TPSA) is 99.4 Å². The van der Waals surface area contributed by atoms with Crippen LogP contribution >= 0.6 is 11.3 Å². The Balaban J connectivity index is 1.21. The molecule has 3 N–H and O–H groups in total. The van der Waals surface area contributed by atoms with E-state index in [1.807, 2.05) is 37.5 Å². The number of hydrogen-bond acceptors (Lipinski definition) is 5. The fourth-order valence-corrected chi connectivity index (χ4v) is 6.97. The molecule has 0 saturated heterocycles. The summed E-state index contributed by atoms with van der Waals surface area (Å²) in [5.41, 5.74) is 8.30. The number of amides is 1. The molecule has 6 aromatic rings. The fraction of sp³-hybridized carbons (Fsp3) is 0.273. The Labute approximate surface area is 242 Å².